The molecular weight excluding hydrogens is 332 g/mol. The Kier molecular flexibility index (Phi) is 10.8. The van der Waals surface area contributed by atoms with E-state index in [0.29, 0.717) is 17.7 Å². The molecular formula is C16H26N2O5S. The molecule has 0 bridgehead atoms. The van der Waals surface area contributed by atoms with Gasteiger partial charge in [0.25, 0.3) is 0 Å². The van der Waals surface area contributed by atoms with Gasteiger partial charge in [0.15, 0.2) is 0 Å². The Morgan fingerprint density at radius 1 is 1.29 bits per heavy atom. The lowest BCUT2D eigenvalue weighted by Crippen LogP contribution is -2.32. The molecule has 0 aromatic heterocycles. The Balaban J connectivity index is 4.18. The normalized spacial score (nSPS) is 13.9. The highest BCUT2D eigenvalue weighted by atomic mass is 32.2. The summed E-state index contributed by atoms with van der Waals surface area (Å²) in [4.78, 5) is 33.5. The van der Waals surface area contributed by atoms with Gasteiger partial charge in [-0.15, -0.1) is 0 Å². The van der Waals surface area contributed by atoms with Crippen LogP contribution < -0.4 is 11.1 Å². The largest absolute Gasteiger partial charge is 0.480 e. The Hall–Kier alpha value is -1.80. The molecule has 0 fully saturated rings. The maximum atomic E-state index is 11.9. The molecule has 0 aromatic rings. The fourth-order valence-electron chi connectivity index (χ4n) is 1.53. The van der Waals surface area contributed by atoms with E-state index in [1.54, 1.807) is 13.8 Å². The predicted molar refractivity (Wildman–Crippen MR) is 94.6 cm³/mol. The average molecular weight is 358 g/mol. The number of carbonyl (C=O) groups excluding carboxylic acids is 1. The Morgan fingerprint density at radius 3 is 2.42 bits per heavy atom. The second-order valence-electron chi connectivity index (χ2n) is 5.50. The van der Waals surface area contributed by atoms with Crippen molar-refractivity contribution in [2.24, 2.45) is 11.7 Å². The number of rotatable bonds is 12. The lowest BCUT2D eigenvalue weighted by Gasteiger charge is -2.12. The molecule has 2 atom stereocenters. The number of amides is 1. The van der Waals surface area contributed by atoms with Crippen LogP contribution in [0.3, 0.4) is 0 Å². The number of thioether (sulfide) groups is 1. The van der Waals surface area contributed by atoms with Gasteiger partial charge in [0.05, 0.1) is 5.92 Å². The average Bonchev–Trinajstić information content (AvgIpc) is 2.50. The van der Waals surface area contributed by atoms with Crippen LogP contribution in [0, 0.1) is 5.92 Å². The number of aliphatic carboxylic acids is 2. The summed E-state index contributed by atoms with van der Waals surface area (Å²) < 4.78 is 0. The van der Waals surface area contributed by atoms with Crippen molar-refractivity contribution < 1.29 is 24.6 Å². The first kappa shape index (κ1) is 22.2. The van der Waals surface area contributed by atoms with Crippen molar-refractivity contribution in [3.05, 3.63) is 23.9 Å². The third-order valence-corrected chi connectivity index (χ3v) is 4.50. The van der Waals surface area contributed by atoms with E-state index >= 15 is 0 Å². The second-order valence-corrected chi connectivity index (χ2v) is 6.65. The molecule has 0 aliphatic heterocycles. The number of carbonyl (C=O) groups is 3. The molecule has 1 amide bonds. The third-order valence-electron chi connectivity index (χ3n) is 3.33. The fraction of sp³-hybridized carbons (Fsp3) is 0.562. The van der Waals surface area contributed by atoms with Gasteiger partial charge in [-0.05, 0) is 38.9 Å². The van der Waals surface area contributed by atoms with E-state index in [0.717, 1.165) is 18.6 Å². The standard InChI is InChI=1S/C16H26N2O5S/c1-10(2)11(3)14(19)18-13(16(22)23)7-5-4-6-8-24-9-12(17)15(20)21/h7,11-12H,1,4-6,8-9,17H2,2-3H3,(H,18,19)(H,20,21)(H,22,23)/b13-7-/t11?,12-/m0/s1. The van der Waals surface area contributed by atoms with Crippen LogP contribution in [0.25, 0.3) is 0 Å². The van der Waals surface area contributed by atoms with E-state index < -0.39 is 29.8 Å². The van der Waals surface area contributed by atoms with E-state index in [2.05, 4.69) is 11.9 Å². The van der Waals surface area contributed by atoms with Crippen molar-refractivity contribution in [2.45, 2.75) is 39.2 Å². The molecule has 0 heterocycles. The number of carboxylic acids is 2. The third kappa shape index (κ3) is 9.36. The first-order chi connectivity index (χ1) is 11.2. The van der Waals surface area contributed by atoms with Crippen LogP contribution in [0.4, 0.5) is 0 Å². The molecule has 24 heavy (non-hydrogen) atoms. The summed E-state index contributed by atoms with van der Waals surface area (Å²) in [7, 11) is 0. The van der Waals surface area contributed by atoms with Crippen molar-refractivity contribution in [2.75, 3.05) is 11.5 Å². The maximum absolute atomic E-state index is 11.9. The van der Waals surface area contributed by atoms with Crippen LogP contribution in [0.1, 0.15) is 33.1 Å². The lowest BCUT2D eigenvalue weighted by atomic mass is 10.0. The summed E-state index contributed by atoms with van der Waals surface area (Å²) in [5.41, 5.74) is 5.91. The van der Waals surface area contributed by atoms with Crippen molar-refractivity contribution in [1.82, 2.24) is 5.32 Å². The highest BCUT2D eigenvalue weighted by Crippen LogP contribution is 2.10. The van der Waals surface area contributed by atoms with Crippen LogP contribution in [-0.4, -0.2) is 45.6 Å². The first-order valence-corrected chi connectivity index (χ1v) is 8.78. The van der Waals surface area contributed by atoms with Gasteiger partial charge in [0.1, 0.15) is 11.7 Å². The predicted octanol–water partition coefficient (Wildman–Crippen LogP) is 1.60. The van der Waals surface area contributed by atoms with Crippen molar-refractivity contribution >= 4 is 29.6 Å². The van der Waals surface area contributed by atoms with Gasteiger partial charge in [-0.25, -0.2) is 4.79 Å². The van der Waals surface area contributed by atoms with Crippen LogP contribution in [0.5, 0.6) is 0 Å². The number of allylic oxidation sites excluding steroid dienone is 1. The van der Waals surface area contributed by atoms with Crippen molar-refractivity contribution in [3.63, 3.8) is 0 Å². The molecule has 0 aromatic carbocycles. The van der Waals surface area contributed by atoms with Crippen LogP contribution in [0.15, 0.2) is 23.9 Å². The van der Waals surface area contributed by atoms with E-state index in [4.69, 9.17) is 15.9 Å². The van der Waals surface area contributed by atoms with Gasteiger partial charge >= 0.3 is 11.9 Å². The molecule has 7 nitrogen and oxygen atoms in total. The minimum absolute atomic E-state index is 0.131. The number of hydrogen-bond acceptors (Lipinski definition) is 5. The van der Waals surface area contributed by atoms with Gasteiger partial charge in [0.2, 0.25) is 5.91 Å². The smallest absolute Gasteiger partial charge is 0.352 e. The Labute approximate surface area is 146 Å². The topological polar surface area (TPSA) is 130 Å². The molecule has 8 heteroatoms. The Morgan fingerprint density at radius 2 is 1.92 bits per heavy atom. The minimum Gasteiger partial charge on any atom is -0.480 e. The maximum Gasteiger partial charge on any atom is 0.352 e. The quantitative estimate of drug-likeness (QED) is 0.237. The van der Waals surface area contributed by atoms with E-state index in [-0.39, 0.29) is 5.70 Å². The molecule has 0 saturated carbocycles. The second kappa shape index (κ2) is 11.7. The van der Waals surface area contributed by atoms with Gasteiger partial charge in [-0.2, -0.15) is 11.8 Å². The molecule has 0 radical (unpaired) electrons. The number of nitrogens with two attached hydrogens (primary N) is 1. The van der Waals surface area contributed by atoms with Crippen LogP contribution in [0.2, 0.25) is 0 Å². The van der Waals surface area contributed by atoms with Gasteiger partial charge < -0.3 is 21.3 Å². The molecule has 0 aliphatic carbocycles. The van der Waals surface area contributed by atoms with Crippen LogP contribution in [-0.2, 0) is 14.4 Å². The zero-order valence-electron chi connectivity index (χ0n) is 14.1. The van der Waals surface area contributed by atoms with Crippen molar-refractivity contribution in [3.8, 4) is 0 Å². The summed E-state index contributed by atoms with van der Waals surface area (Å²) in [6.45, 7) is 7.05. The SMILES string of the molecule is C=C(C)C(C)C(=O)N/C(=C\CCCCSC[C@H](N)C(=O)O)C(=O)O. The zero-order valence-corrected chi connectivity index (χ0v) is 14.9. The molecule has 136 valence electrons. The molecule has 0 aliphatic rings. The van der Waals surface area contributed by atoms with E-state index in [9.17, 15) is 14.4 Å². The van der Waals surface area contributed by atoms with Gasteiger partial charge in [-0.3, -0.25) is 9.59 Å². The summed E-state index contributed by atoms with van der Waals surface area (Å²) in [5.74, 6) is -1.95. The molecule has 1 unspecified atom stereocenters. The monoisotopic (exact) mass is 358 g/mol. The van der Waals surface area contributed by atoms with E-state index in [1.165, 1.54) is 17.8 Å². The number of hydrogen-bond donors (Lipinski definition) is 4. The van der Waals surface area contributed by atoms with Gasteiger partial charge in [0, 0.05) is 5.75 Å². The zero-order chi connectivity index (χ0) is 18.7. The minimum atomic E-state index is -1.18. The molecule has 0 spiro atoms. The first-order valence-electron chi connectivity index (χ1n) is 7.62. The summed E-state index contributed by atoms with van der Waals surface area (Å²) in [5, 5.41) is 20.2. The molecule has 5 N–H and O–H groups in total. The number of unbranched alkanes of at least 4 members (excludes halogenated alkanes) is 2. The molecule has 0 saturated heterocycles. The molecule has 0 rings (SSSR count). The number of nitrogens with one attached hydrogen (secondary N) is 1. The number of carboxylic acid groups (broad SMARTS) is 2. The van der Waals surface area contributed by atoms with Gasteiger partial charge in [-0.1, -0.05) is 18.2 Å². The highest BCUT2D eigenvalue weighted by molar-refractivity contribution is 7.99. The summed E-state index contributed by atoms with van der Waals surface area (Å²) >= 11 is 1.45. The highest BCUT2D eigenvalue weighted by Gasteiger charge is 2.17. The van der Waals surface area contributed by atoms with Crippen LogP contribution >= 0.6 is 11.8 Å². The Bertz CT molecular complexity index is 505. The summed E-state index contributed by atoms with van der Waals surface area (Å²) in [6.07, 6.45) is 3.53. The van der Waals surface area contributed by atoms with E-state index in [1.807, 2.05) is 0 Å². The van der Waals surface area contributed by atoms with Crippen molar-refractivity contribution in [1.29, 1.82) is 0 Å². The summed E-state index contributed by atoms with van der Waals surface area (Å²) in [6, 6.07) is -0.862. The fourth-order valence-corrected chi connectivity index (χ4v) is 2.50. The lowest BCUT2D eigenvalue weighted by molar-refractivity contribution is -0.138.